The number of halogens is 1. The summed E-state index contributed by atoms with van der Waals surface area (Å²) < 4.78 is 2.67. The zero-order valence-corrected chi connectivity index (χ0v) is 12.6. The molecule has 0 fully saturated rings. The molecular formula is C13H15BrN4O. The van der Waals surface area contributed by atoms with Crippen molar-refractivity contribution in [2.24, 2.45) is 7.05 Å². The maximum absolute atomic E-state index is 11.6. The largest absolute Gasteiger partial charge is 0.341 e. The summed E-state index contributed by atoms with van der Waals surface area (Å²) in [5, 5.41) is 6.99. The SMILES string of the molecule is CNC(=O)N(C)c1cccc(-c2nn(C)cc2Br)c1. The van der Waals surface area contributed by atoms with Crippen LogP contribution < -0.4 is 10.2 Å². The van der Waals surface area contributed by atoms with Crippen molar-refractivity contribution in [2.75, 3.05) is 19.0 Å². The molecule has 2 amide bonds. The fraction of sp³-hybridized carbons (Fsp3) is 0.231. The molecule has 0 atom stereocenters. The van der Waals surface area contributed by atoms with Gasteiger partial charge in [-0.25, -0.2) is 4.79 Å². The van der Waals surface area contributed by atoms with E-state index in [4.69, 9.17) is 0 Å². The highest BCUT2D eigenvalue weighted by Gasteiger charge is 2.12. The van der Waals surface area contributed by atoms with Gasteiger partial charge >= 0.3 is 6.03 Å². The van der Waals surface area contributed by atoms with Crippen LogP contribution in [0.2, 0.25) is 0 Å². The number of anilines is 1. The average Bonchev–Trinajstić information content (AvgIpc) is 2.76. The first-order valence-electron chi connectivity index (χ1n) is 5.78. The highest BCUT2D eigenvalue weighted by Crippen LogP contribution is 2.28. The Morgan fingerprint density at radius 3 is 2.79 bits per heavy atom. The molecule has 0 saturated carbocycles. The number of amides is 2. The molecule has 6 heteroatoms. The molecule has 1 N–H and O–H groups in total. The fourth-order valence-corrected chi connectivity index (χ4v) is 2.41. The Labute approximate surface area is 120 Å². The van der Waals surface area contributed by atoms with Crippen LogP contribution in [-0.4, -0.2) is 29.9 Å². The Balaban J connectivity index is 2.39. The zero-order chi connectivity index (χ0) is 14.0. The molecule has 1 aromatic carbocycles. The number of aromatic nitrogens is 2. The normalized spacial score (nSPS) is 10.3. The lowest BCUT2D eigenvalue weighted by Crippen LogP contribution is -2.34. The number of urea groups is 1. The molecule has 0 spiro atoms. The average molecular weight is 323 g/mol. The molecule has 0 bridgehead atoms. The number of aryl methyl sites for hydroxylation is 1. The highest BCUT2D eigenvalue weighted by molar-refractivity contribution is 9.10. The molecule has 0 aliphatic rings. The number of hydrogen-bond donors (Lipinski definition) is 1. The Morgan fingerprint density at radius 1 is 1.47 bits per heavy atom. The van der Waals surface area contributed by atoms with Gasteiger partial charge in [-0.3, -0.25) is 9.58 Å². The summed E-state index contributed by atoms with van der Waals surface area (Å²) in [5.74, 6) is 0. The van der Waals surface area contributed by atoms with Crippen LogP contribution in [0.4, 0.5) is 10.5 Å². The molecule has 0 saturated heterocycles. The first-order chi connectivity index (χ1) is 9.02. The van der Waals surface area contributed by atoms with Crippen molar-refractivity contribution in [1.82, 2.24) is 15.1 Å². The van der Waals surface area contributed by atoms with E-state index in [1.807, 2.05) is 37.5 Å². The first-order valence-corrected chi connectivity index (χ1v) is 6.57. The van der Waals surface area contributed by atoms with Crippen LogP contribution in [0.1, 0.15) is 0 Å². The molecular weight excluding hydrogens is 308 g/mol. The molecule has 0 radical (unpaired) electrons. The number of carbonyl (C=O) groups excluding carboxylic acids is 1. The summed E-state index contributed by atoms with van der Waals surface area (Å²) in [6, 6.07) is 7.54. The second kappa shape index (κ2) is 5.44. The van der Waals surface area contributed by atoms with Crippen molar-refractivity contribution in [1.29, 1.82) is 0 Å². The van der Waals surface area contributed by atoms with Crippen molar-refractivity contribution in [3.05, 3.63) is 34.9 Å². The van der Waals surface area contributed by atoms with Crippen LogP contribution in [0.25, 0.3) is 11.3 Å². The van der Waals surface area contributed by atoms with Gasteiger partial charge in [0.25, 0.3) is 0 Å². The minimum Gasteiger partial charge on any atom is -0.341 e. The Morgan fingerprint density at radius 2 is 2.21 bits per heavy atom. The predicted octanol–water partition coefficient (Wildman–Crippen LogP) is 2.63. The maximum Gasteiger partial charge on any atom is 0.321 e. The number of hydrogen-bond acceptors (Lipinski definition) is 2. The van der Waals surface area contributed by atoms with Gasteiger partial charge in [0.05, 0.1) is 4.47 Å². The van der Waals surface area contributed by atoms with Gasteiger partial charge in [-0.1, -0.05) is 12.1 Å². The zero-order valence-electron chi connectivity index (χ0n) is 11.0. The standard InChI is InChI=1S/C13H15BrN4O/c1-15-13(19)18(3)10-6-4-5-9(7-10)12-11(14)8-17(2)16-12/h4-8H,1-3H3,(H,15,19). The van der Waals surface area contributed by atoms with Crippen LogP contribution in [0.5, 0.6) is 0 Å². The van der Waals surface area contributed by atoms with Crippen molar-refractivity contribution >= 4 is 27.6 Å². The second-order valence-corrected chi connectivity index (χ2v) is 5.02. The van der Waals surface area contributed by atoms with Crippen LogP contribution >= 0.6 is 15.9 Å². The van der Waals surface area contributed by atoms with E-state index in [9.17, 15) is 4.79 Å². The lowest BCUT2D eigenvalue weighted by molar-refractivity contribution is 0.249. The third-order valence-electron chi connectivity index (χ3n) is 2.81. The summed E-state index contributed by atoms with van der Waals surface area (Å²) in [6.45, 7) is 0. The number of rotatable bonds is 2. The Kier molecular flexibility index (Phi) is 3.90. The Bertz CT molecular complexity index is 608. The lowest BCUT2D eigenvalue weighted by atomic mass is 10.1. The summed E-state index contributed by atoms with van der Waals surface area (Å²) in [7, 11) is 5.21. The molecule has 2 rings (SSSR count). The smallest absolute Gasteiger partial charge is 0.321 e. The molecule has 5 nitrogen and oxygen atoms in total. The summed E-state index contributed by atoms with van der Waals surface area (Å²) in [5.41, 5.74) is 2.63. The minimum atomic E-state index is -0.155. The van der Waals surface area contributed by atoms with Gasteiger partial charge in [-0.2, -0.15) is 5.10 Å². The molecule has 100 valence electrons. The van der Waals surface area contributed by atoms with Crippen molar-refractivity contribution in [3.8, 4) is 11.3 Å². The van der Waals surface area contributed by atoms with E-state index in [0.29, 0.717) is 0 Å². The third-order valence-corrected chi connectivity index (χ3v) is 3.39. The third kappa shape index (κ3) is 2.78. The minimum absolute atomic E-state index is 0.155. The summed E-state index contributed by atoms with van der Waals surface area (Å²) in [4.78, 5) is 13.2. The van der Waals surface area contributed by atoms with E-state index in [-0.39, 0.29) is 6.03 Å². The Hall–Kier alpha value is -1.82. The van der Waals surface area contributed by atoms with E-state index >= 15 is 0 Å². The van der Waals surface area contributed by atoms with Crippen LogP contribution in [0, 0.1) is 0 Å². The number of benzene rings is 1. The molecule has 19 heavy (non-hydrogen) atoms. The van der Waals surface area contributed by atoms with Gasteiger partial charge in [0.1, 0.15) is 5.69 Å². The van der Waals surface area contributed by atoms with E-state index in [2.05, 4.69) is 26.3 Å². The van der Waals surface area contributed by atoms with Crippen LogP contribution in [-0.2, 0) is 7.05 Å². The van der Waals surface area contributed by atoms with Gasteiger partial charge < -0.3 is 5.32 Å². The molecule has 1 aromatic heterocycles. The summed E-state index contributed by atoms with van der Waals surface area (Å²) in [6.07, 6.45) is 1.89. The van der Waals surface area contributed by atoms with Gasteiger partial charge in [0, 0.05) is 38.6 Å². The van der Waals surface area contributed by atoms with E-state index in [1.54, 1.807) is 23.7 Å². The van der Waals surface area contributed by atoms with Crippen molar-refractivity contribution in [2.45, 2.75) is 0 Å². The molecule has 1 heterocycles. The van der Waals surface area contributed by atoms with Gasteiger partial charge in [0.15, 0.2) is 0 Å². The van der Waals surface area contributed by atoms with Crippen LogP contribution in [0.15, 0.2) is 34.9 Å². The van der Waals surface area contributed by atoms with Gasteiger partial charge in [0.2, 0.25) is 0 Å². The van der Waals surface area contributed by atoms with Gasteiger partial charge in [-0.15, -0.1) is 0 Å². The molecule has 0 aliphatic carbocycles. The summed E-state index contributed by atoms with van der Waals surface area (Å²) >= 11 is 3.48. The van der Waals surface area contributed by atoms with E-state index in [0.717, 1.165) is 21.4 Å². The molecule has 0 unspecified atom stereocenters. The van der Waals surface area contributed by atoms with Crippen molar-refractivity contribution in [3.63, 3.8) is 0 Å². The highest BCUT2D eigenvalue weighted by atomic mass is 79.9. The molecule has 0 aliphatic heterocycles. The van der Waals surface area contributed by atoms with Crippen LogP contribution in [0.3, 0.4) is 0 Å². The van der Waals surface area contributed by atoms with Crippen molar-refractivity contribution < 1.29 is 4.79 Å². The monoisotopic (exact) mass is 322 g/mol. The first kappa shape index (κ1) is 13.6. The van der Waals surface area contributed by atoms with E-state index < -0.39 is 0 Å². The fourth-order valence-electron chi connectivity index (χ4n) is 1.80. The number of carbonyl (C=O) groups is 1. The second-order valence-electron chi connectivity index (χ2n) is 4.16. The lowest BCUT2D eigenvalue weighted by Gasteiger charge is -2.17. The number of nitrogens with zero attached hydrogens (tertiary/aromatic N) is 3. The molecule has 2 aromatic rings. The predicted molar refractivity (Wildman–Crippen MR) is 79.2 cm³/mol. The topological polar surface area (TPSA) is 50.2 Å². The van der Waals surface area contributed by atoms with Gasteiger partial charge in [-0.05, 0) is 28.1 Å². The van der Waals surface area contributed by atoms with E-state index in [1.165, 1.54) is 0 Å². The quantitative estimate of drug-likeness (QED) is 0.924. The number of nitrogens with one attached hydrogen (secondary N) is 1. The maximum atomic E-state index is 11.6.